The summed E-state index contributed by atoms with van der Waals surface area (Å²) >= 11 is 7.40. The molecule has 9 heteroatoms. The molecule has 0 radical (unpaired) electrons. The number of carbonyl (C=O) groups excluding carboxylic acids is 1. The van der Waals surface area contributed by atoms with Gasteiger partial charge in [0.2, 0.25) is 5.13 Å². The number of nitrogens with zero attached hydrogens (tertiary/aromatic N) is 4. The summed E-state index contributed by atoms with van der Waals surface area (Å²) in [6, 6.07) is 19.0. The van der Waals surface area contributed by atoms with Gasteiger partial charge in [-0.3, -0.25) is 19.9 Å². The first-order chi connectivity index (χ1) is 15.7. The van der Waals surface area contributed by atoms with E-state index in [-0.39, 0.29) is 18.6 Å². The molecule has 1 aliphatic rings. The summed E-state index contributed by atoms with van der Waals surface area (Å²) < 4.78 is 5.55. The molecule has 1 unspecified atom stereocenters. The lowest BCUT2D eigenvalue weighted by Gasteiger charge is -2.39. The standard InChI is InChI=1S/C23H26ClN5O2S/c24-20-8-6-19(7-9-20)22(18-4-2-1-3-5-18)29-12-10-28(11-13-29)14-15-31-16-21(30)26-23-27-25-17-32-23/h1-9,17,22H,10-16H2,(H,26,27,30). The number of carbonyl (C=O) groups is 1. The van der Waals surface area contributed by atoms with Crippen LogP contribution in [0.5, 0.6) is 0 Å². The first kappa shape index (κ1) is 22.8. The van der Waals surface area contributed by atoms with Crippen molar-refractivity contribution in [2.75, 3.05) is 51.3 Å². The number of aromatic nitrogens is 2. The number of amides is 1. The van der Waals surface area contributed by atoms with Crippen molar-refractivity contribution in [3.63, 3.8) is 0 Å². The van der Waals surface area contributed by atoms with Gasteiger partial charge in [0.1, 0.15) is 12.1 Å². The fourth-order valence-corrected chi connectivity index (χ4v) is 4.47. The number of nitrogens with one attached hydrogen (secondary N) is 1. The third-order valence-electron chi connectivity index (χ3n) is 5.46. The molecule has 1 atom stereocenters. The zero-order valence-corrected chi connectivity index (χ0v) is 19.3. The van der Waals surface area contributed by atoms with Crippen LogP contribution < -0.4 is 5.32 Å². The molecule has 32 heavy (non-hydrogen) atoms. The Kier molecular flexibility index (Phi) is 8.19. The van der Waals surface area contributed by atoms with E-state index in [0.717, 1.165) is 37.7 Å². The SMILES string of the molecule is O=C(COCCN1CCN(C(c2ccccc2)c2ccc(Cl)cc2)CC1)Nc1nncs1. The molecule has 1 amide bonds. The third-order valence-corrected chi connectivity index (χ3v) is 6.32. The zero-order valence-electron chi connectivity index (χ0n) is 17.7. The summed E-state index contributed by atoms with van der Waals surface area (Å²) in [5, 5.41) is 11.4. The van der Waals surface area contributed by atoms with Crippen LogP contribution in [0.15, 0.2) is 60.1 Å². The normalized spacial score (nSPS) is 16.0. The van der Waals surface area contributed by atoms with Crippen molar-refractivity contribution < 1.29 is 9.53 Å². The van der Waals surface area contributed by atoms with E-state index in [0.29, 0.717) is 11.7 Å². The van der Waals surface area contributed by atoms with E-state index in [9.17, 15) is 4.79 Å². The van der Waals surface area contributed by atoms with Gasteiger partial charge in [-0.15, -0.1) is 10.2 Å². The summed E-state index contributed by atoms with van der Waals surface area (Å²) in [5.74, 6) is -0.208. The maximum atomic E-state index is 11.8. The van der Waals surface area contributed by atoms with E-state index in [1.165, 1.54) is 22.5 Å². The van der Waals surface area contributed by atoms with Crippen LogP contribution in [0.25, 0.3) is 0 Å². The van der Waals surface area contributed by atoms with Crippen LogP contribution in [0, 0.1) is 0 Å². The van der Waals surface area contributed by atoms with Crippen LogP contribution in [0.3, 0.4) is 0 Å². The van der Waals surface area contributed by atoms with Crippen molar-refractivity contribution in [3.8, 4) is 0 Å². The molecule has 0 bridgehead atoms. The van der Waals surface area contributed by atoms with E-state index in [4.69, 9.17) is 16.3 Å². The molecule has 1 saturated heterocycles. The van der Waals surface area contributed by atoms with Crippen LogP contribution in [0.2, 0.25) is 5.02 Å². The van der Waals surface area contributed by atoms with Crippen LogP contribution >= 0.6 is 22.9 Å². The predicted octanol–water partition coefficient (Wildman–Crippen LogP) is 3.55. The van der Waals surface area contributed by atoms with Crippen LogP contribution in [-0.2, 0) is 9.53 Å². The number of hydrogen-bond donors (Lipinski definition) is 1. The quantitative estimate of drug-likeness (QED) is 0.481. The van der Waals surface area contributed by atoms with E-state index in [1.807, 2.05) is 12.1 Å². The van der Waals surface area contributed by atoms with Crippen LogP contribution in [0.4, 0.5) is 5.13 Å². The molecule has 0 saturated carbocycles. The maximum absolute atomic E-state index is 11.8. The molecule has 3 aromatic rings. The molecule has 7 nitrogen and oxygen atoms in total. The Labute approximate surface area is 197 Å². The Hall–Kier alpha value is -2.36. The molecular weight excluding hydrogens is 446 g/mol. The highest BCUT2D eigenvalue weighted by molar-refractivity contribution is 7.13. The summed E-state index contributed by atoms with van der Waals surface area (Å²) in [5.41, 5.74) is 4.11. The van der Waals surface area contributed by atoms with Gasteiger partial charge in [-0.05, 0) is 23.3 Å². The number of rotatable bonds is 9. The van der Waals surface area contributed by atoms with Crippen molar-refractivity contribution in [2.45, 2.75) is 6.04 Å². The van der Waals surface area contributed by atoms with E-state index in [2.05, 4.69) is 67.8 Å². The number of benzene rings is 2. The van der Waals surface area contributed by atoms with Gasteiger partial charge >= 0.3 is 0 Å². The van der Waals surface area contributed by atoms with Crippen molar-refractivity contribution in [3.05, 3.63) is 76.3 Å². The van der Waals surface area contributed by atoms with Crippen LogP contribution in [0.1, 0.15) is 17.2 Å². The molecule has 168 valence electrons. The fourth-order valence-electron chi connectivity index (χ4n) is 3.88. The molecule has 1 N–H and O–H groups in total. The lowest BCUT2D eigenvalue weighted by Crippen LogP contribution is -2.48. The number of piperazine rings is 1. The van der Waals surface area contributed by atoms with Crippen LogP contribution in [-0.4, -0.2) is 71.8 Å². The van der Waals surface area contributed by atoms with Gasteiger partial charge in [-0.1, -0.05) is 65.4 Å². The molecular formula is C23H26ClN5O2S. The Morgan fingerprint density at radius 2 is 1.78 bits per heavy atom. The summed E-state index contributed by atoms with van der Waals surface area (Å²) in [6.07, 6.45) is 0. The third kappa shape index (κ3) is 6.34. The number of ether oxygens (including phenoxy) is 1. The molecule has 2 aromatic carbocycles. The molecule has 1 fully saturated rings. The Balaban J connectivity index is 1.26. The minimum atomic E-state index is -0.208. The molecule has 1 aromatic heterocycles. The highest BCUT2D eigenvalue weighted by atomic mass is 35.5. The van der Waals surface area contributed by atoms with Crippen molar-refractivity contribution in [1.29, 1.82) is 0 Å². The highest BCUT2D eigenvalue weighted by Gasteiger charge is 2.26. The van der Waals surface area contributed by atoms with Gasteiger partial charge in [0.15, 0.2) is 0 Å². The number of anilines is 1. The van der Waals surface area contributed by atoms with E-state index < -0.39 is 0 Å². The van der Waals surface area contributed by atoms with Gasteiger partial charge < -0.3 is 4.74 Å². The summed E-state index contributed by atoms with van der Waals surface area (Å²) in [7, 11) is 0. The summed E-state index contributed by atoms with van der Waals surface area (Å²) in [4.78, 5) is 16.7. The topological polar surface area (TPSA) is 70.6 Å². The fraction of sp³-hybridized carbons (Fsp3) is 0.348. The zero-order chi connectivity index (χ0) is 22.2. The van der Waals surface area contributed by atoms with Gasteiger partial charge in [0, 0.05) is 37.7 Å². The molecule has 0 aliphatic carbocycles. The number of hydrogen-bond acceptors (Lipinski definition) is 7. The number of halogens is 1. The van der Waals surface area contributed by atoms with Crippen molar-refractivity contribution >= 4 is 34.0 Å². The Morgan fingerprint density at radius 3 is 2.47 bits per heavy atom. The average molecular weight is 472 g/mol. The second-order valence-corrected chi connectivity index (χ2v) is 8.86. The Bertz CT molecular complexity index is 964. The second-order valence-electron chi connectivity index (χ2n) is 7.59. The van der Waals surface area contributed by atoms with Gasteiger partial charge in [-0.25, -0.2) is 0 Å². The predicted molar refractivity (Wildman–Crippen MR) is 127 cm³/mol. The van der Waals surface area contributed by atoms with Gasteiger partial charge in [0.25, 0.3) is 5.91 Å². The van der Waals surface area contributed by atoms with Crippen molar-refractivity contribution in [1.82, 2.24) is 20.0 Å². The molecule has 0 spiro atoms. The maximum Gasteiger partial charge on any atom is 0.252 e. The first-order valence-corrected chi connectivity index (χ1v) is 11.9. The van der Waals surface area contributed by atoms with E-state index in [1.54, 1.807) is 5.51 Å². The minimum absolute atomic E-state index is 0.0200. The van der Waals surface area contributed by atoms with Gasteiger partial charge in [-0.2, -0.15) is 0 Å². The molecule has 1 aliphatic heterocycles. The lowest BCUT2D eigenvalue weighted by molar-refractivity contribution is -0.120. The monoisotopic (exact) mass is 471 g/mol. The molecule has 4 rings (SSSR count). The van der Waals surface area contributed by atoms with Gasteiger partial charge in [0.05, 0.1) is 12.6 Å². The minimum Gasteiger partial charge on any atom is -0.370 e. The largest absolute Gasteiger partial charge is 0.370 e. The average Bonchev–Trinajstić information content (AvgIpc) is 3.33. The molecule has 2 heterocycles. The lowest BCUT2D eigenvalue weighted by atomic mass is 9.96. The smallest absolute Gasteiger partial charge is 0.252 e. The highest BCUT2D eigenvalue weighted by Crippen LogP contribution is 2.30. The van der Waals surface area contributed by atoms with Crippen molar-refractivity contribution in [2.24, 2.45) is 0 Å². The Morgan fingerprint density at radius 1 is 1.06 bits per heavy atom. The second kappa shape index (κ2) is 11.5. The van der Waals surface area contributed by atoms with E-state index >= 15 is 0 Å². The summed E-state index contributed by atoms with van der Waals surface area (Å²) in [6.45, 7) is 5.17. The first-order valence-electron chi connectivity index (χ1n) is 10.6.